The van der Waals surface area contributed by atoms with Crippen molar-refractivity contribution in [2.24, 2.45) is 0 Å². The lowest BCUT2D eigenvalue weighted by Gasteiger charge is -2.21. The molecular weight excluding hydrogens is 847 g/mol. The SMILES string of the molecule is CC1(C)c2ccccc2-c2c1c1c3c4cc(-c5cccc6c5sc5ccccc56)ccc4n(-c4cccc(-c5nc(-c6ccccc6)nc(-c6ccccc6)n5)c4)c3ccc1n2-c1ccccc1. The van der Waals surface area contributed by atoms with Crippen LogP contribution in [0.2, 0.25) is 0 Å². The van der Waals surface area contributed by atoms with Crippen LogP contribution in [-0.2, 0) is 5.41 Å². The van der Waals surface area contributed by atoms with E-state index in [0.29, 0.717) is 17.5 Å². The molecule has 4 aromatic heterocycles. The van der Waals surface area contributed by atoms with Crippen molar-refractivity contribution in [1.82, 2.24) is 24.1 Å². The van der Waals surface area contributed by atoms with Crippen LogP contribution >= 0.6 is 11.3 Å². The number of para-hydroxylation sites is 1. The first-order valence-corrected chi connectivity index (χ1v) is 24.0. The van der Waals surface area contributed by atoms with Crippen molar-refractivity contribution in [3.63, 3.8) is 0 Å². The van der Waals surface area contributed by atoms with Crippen LogP contribution in [0.5, 0.6) is 0 Å². The highest BCUT2D eigenvalue weighted by Gasteiger charge is 2.41. The zero-order chi connectivity index (χ0) is 45.1. The molecule has 68 heavy (non-hydrogen) atoms. The van der Waals surface area contributed by atoms with E-state index in [9.17, 15) is 0 Å². The number of aromatic nitrogens is 5. The van der Waals surface area contributed by atoms with Crippen molar-refractivity contribution in [1.29, 1.82) is 0 Å². The maximum Gasteiger partial charge on any atom is 0.164 e. The van der Waals surface area contributed by atoms with Crippen LogP contribution in [-0.4, -0.2) is 24.1 Å². The highest BCUT2D eigenvalue weighted by molar-refractivity contribution is 7.26. The van der Waals surface area contributed by atoms with Crippen molar-refractivity contribution in [2.75, 3.05) is 0 Å². The van der Waals surface area contributed by atoms with Gasteiger partial charge in [0.25, 0.3) is 0 Å². The number of hydrogen-bond donors (Lipinski definition) is 0. The molecule has 0 saturated carbocycles. The van der Waals surface area contributed by atoms with Crippen LogP contribution in [0.1, 0.15) is 25.0 Å². The predicted molar refractivity (Wildman–Crippen MR) is 283 cm³/mol. The monoisotopic (exact) mass is 887 g/mol. The minimum Gasteiger partial charge on any atom is -0.309 e. The summed E-state index contributed by atoms with van der Waals surface area (Å²) in [6, 6.07) is 76.3. The molecule has 320 valence electrons. The molecule has 0 saturated heterocycles. The number of benzene rings is 9. The van der Waals surface area contributed by atoms with Gasteiger partial charge in [-0.3, -0.25) is 0 Å². The summed E-state index contributed by atoms with van der Waals surface area (Å²) >= 11 is 1.88. The van der Waals surface area contributed by atoms with E-state index in [4.69, 9.17) is 15.0 Å². The molecule has 0 spiro atoms. The summed E-state index contributed by atoms with van der Waals surface area (Å²) in [4.78, 5) is 15.3. The molecule has 6 heteroatoms. The first kappa shape index (κ1) is 38.8. The molecule has 1 aliphatic rings. The Morgan fingerprint density at radius 1 is 0.397 bits per heavy atom. The van der Waals surface area contributed by atoms with Gasteiger partial charge in [-0.15, -0.1) is 11.3 Å². The third-order valence-corrected chi connectivity index (χ3v) is 15.4. The summed E-state index contributed by atoms with van der Waals surface area (Å²) in [5.74, 6) is 1.90. The lowest BCUT2D eigenvalue weighted by molar-refractivity contribution is 0.666. The molecule has 0 N–H and O–H groups in total. The molecule has 0 atom stereocenters. The Morgan fingerprint density at radius 2 is 0.956 bits per heavy atom. The Morgan fingerprint density at radius 3 is 1.71 bits per heavy atom. The van der Waals surface area contributed by atoms with Crippen molar-refractivity contribution < 1.29 is 0 Å². The van der Waals surface area contributed by atoms with E-state index in [1.807, 2.05) is 47.7 Å². The summed E-state index contributed by atoms with van der Waals surface area (Å²) in [6.07, 6.45) is 0. The molecule has 13 aromatic rings. The average molecular weight is 888 g/mol. The largest absolute Gasteiger partial charge is 0.309 e. The lowest BCUT2D eigenvalue weighted by Crippen LogP contribution is -2.14. The Balaban J connectivity index is 1.07. The van der Waals surface area contributed by atoms with Gasteiger partial charge in [-0.25, -0.2) is 15.0 Å². The first-order valence-electron chi connectivity index (χ1n) is 23.2. The van der Waals surface area contributed by atoms with Gasteiger partial charge in [-0.2, -0.15) is 0 Å². The van der Waals surface area contributed by atoms with Gasteiger partial charge < -0.3 is 9.13 Å². The standard InChI is InChI=1S/C62H41N5S/c1-62(2)49-30-14-12-27-47(49)57-56(62)55-52(67(57)42-23-10-5-11-24-42)35-34-51-54(55)48-37-40(44-28-17-29-46-45-26-13-15-31-53(45)68-58(44)46)32-33-50(48)66(51)43-25-16-22-41(36-43)61-64-59(38-18-6-3-7-19-38)63-60(65-61)39-20-8-4-9-21-39/h3-37H,1-2H3. The Labute approximate surface area is 396 Å². The number of hydrogen-bond acceptors (Lipinski definition) is 4. The van der Waals surface area contributed by atoms with Crippen LogP contribution in [0.25, 0.3) is 121 Å². The van der Waals surface area contributed by atoms with Crippen molar-refractivity contribution >= 4 is 64.2 Å². The molecule has 0 aliphatic heterocycles. The number of rotatable bonds is 6. The summed E-state index contributed by atoms with van der Waals surface area (Å²) in [5.41, 5.74) is 15.9. The summed E-state index contributed by atoms with van der Waals surface area (Å²) in [6.45, 7) is 4.81. The number of nitrogens with zero attached hydrogens (tertiary/aromatic N) is 5. The van der Waals surface area contributed by atoms with Crippen LogP contribution < -0.4 is 0 Å². The second-order valence-corrected chi connectivity index (χ2v) is 19.4. The minimum atomic E-state index is -0.265. The normalized spacial score (nSPS) is 13.0. The van der Waals surface area contributed by atoms with Gasteiger partial charge in [0.2, 0.25) is 0 Å². The Hall–Kier alpha value is -8.45. The van der Waals surface area contributed by atoms with Gasteiger partial charge in [0, 0.05) is 75.4 Å². The zero-order valence-corrected chi connectivity index (χ0v) is 38.2. The third kappa shape index (κ3) is 5.71. The molecule has 5 nitrogen and oxygen atoms in total. The van der Waals surface area contributed by atoms with E-state index in [1.165, 1.54) is 75.4 Å². The fourth-order valence-electron chi connectivity index (χ4n) is 11.1. The van der Waals surface area contributed by atoms with Crippen molar-refractivity contribution in [3.8, 4) is 67.9 Å². The maximum absolute atomic E-state index is 5.15. The average Bonchev–Trinajstić information content (AvgIpc) is 4.12. The fraction of sp³-hybridized carbons (Fsp3) is 0.0484. The maximum atomic E-state index is 5.15. The topological polar surface area (TPSA) is 48.5 Å². The Bertz CT molecular complexity index is 4100. The van der Waals surface area contributed by atoms with Crippen molar-refractivity contribution in [3.05, 3.63) is 223 Å². The van der Waals surface area contributed by atoms with E-state index in [-0.39, 0.29) is 5.41 Å². The summed E-state index contributed by atoms with van der Waals surface area (Å²) in [5, 5.41) is 6.35. The van der Waals surface area contributed by atoms with Crippen LogP contribution in [0, 0.1) is 0 Å². The van der Waals surface area contributed by atoms with Crippen LogP contribution in [0.4, 0.5) is 0 Å². The summed E-state index contributed by atoms with van der Waals surface area (Å²) in [7, 11) is 0. The quantitative estimate of drug-likeness (QED) is 0.167. The first-order chi connectivity index (χ1) is 33.5. The van der Waals surface area contributed by atoms with E-state index < -0.39 is 0 Å². The third-order valence-electron chi connectivity index (χ3n) is 14.1. The van der Waals surface area contributed by atoms with Crippen LogP contribution in [0.3, 0.4) is 0 Å². The van der Waals surface area contributed by atoms with Crippen LogP contribution in [0.15, 0.2) is 212 Å². The highest BCUT2D eigenvalue weighted by atomic mass is 32.1. The molecule has 0 fully saturated rings. The van der Waals surface area contributed by atoms with Crippen molar-refractivity contribution in [2.45, 2.75) is 19.3 Å². The molecular formula is C62H41N5S. The van der Waals surface area contributed by atoms with E-state index in [1.54, 1.807) is 0 Å². The van der Waals surface area contributed by atoms with E-state index in [0.717, 1.165) is 39.1 Å². The Kier molecular flexibility index (Phi) is 8.43. The summed E-state index contributed by atoms with van der Waals surface area (Å²) < 4.78 is 7.58. The van der Waals surface area contributed by atoms with Gasteiger partial charge in [0.05, 0.1) is 22.2 Å². The van der Waals surface area contributed by atoms with Gasteiger partial charge in [-0.05, 0) is 76.9 Å². The zero-order valence-electron chi connectivity index (χ0n) is 37.4. The minimum absolute atomic E-state index is 0.265. The highest BCUT2D eigenvalue weighted by Crippen LogP contribution is 2.56. The second-order valence-electron chi connectivity index (χ2n) is 18.4. The number of fused-ring (bicyclic) bond motifs is 12. The van der Waals surface area contributed by atoms with Gasteiger partial charge in [-0.1, -0.05) is 172 Å². The lowest BCUT2D eigenvalue weighted by atomic mass is 9.81. The molecule has 0 bridgehead atoms. The smallest absolute Gasteiger partial charge is 0.164 e. The molecule has 0 radical (unpaired) electrons. The number of thiophene rings is 1. The van der Waals surface area contributed by atoms with Gasteiger partial charge in [0.1, 0.15) is 0 Å². The molecule has 0 unspecified atom stereocenters. The molecule has 0 amide bonds. The van der Waals surface area contributed by atoms with E-state index >= 15 is 0 Å². The predicted octanol–water partition coefficient (Wildman–Crippen LogP) is 16.3. The van der Waals surface area contributed by atoms with E-state index in [2.05, 4.69) is 199 Å². The van der Waals surface area contributed by atoms with Gasteiger partial charge >= 0.3 is 0 Å². The molecule has 4 heterocycles. The molecule has 1 aliphatic carbocycles. The molecule has 9 aromatic carbocycles. The fourth-order valence-corrected chi connectivity index (χ4v) is 12.3. The van der Waals surface area contributed by atoms with Gasteiger partial charge in [0.15, 0.2) is 17.5 Å². The second kappa shape index (κ2) is 14.8. The molecule has 14 rings (SSSR count).